The summed E-state index contributed by atoms with van der Waals surface area (Å²) in [7, 11) is 6.98. The Balaban J connectivity index is 2.47. The molecule has 0 radical (unpaired) electrons. The molecule has 0 saturated carbocycles. The van der Waals surface area contributed by atoms with Gasteiger partial charge in [-0.05, 0) is 107 Å². The molecule has 0 aliphatic rings. The Morgan fingerprint density at radius 2 is 1.46 bits per heavy atom. The monoisotopic (exact) mass is 570 g/mol. The predicted octanol–water partition coefficient (Wildman–Crippen LogP) is 4.72. The van der Waals surface area contributed by atoms with Crippen LogP contribution in [0.1, 0.15) is 42.0 Å². The third kappa shape index (κ3) is 11.1. The van der Waals surface area contributed by atoms with Gasteiger partial charge in [0, 0.05) is 6.42 Å². The lowest BCUT2D eigenvalue weighted by Crippen LogP contribution is -2.33. The molecule has 0 aliphatic carbocycles. The van der Waals surface area contributed by atoms with Crippen LogP contribution in [0, 0.1) is 26.6 Å². The standard InChI is InChI=1S/C32H43FN2O6/c1-9-39-29(36)18-26(41-31(38)20-35(7)8)17-25(40-30(37)19-34(5)6)13-14-27-21(2)11-10-12-28(27)24-15-22(3)32(33)23(4)16-24/h10-16,25-26H,9,17-20H2,1-8H3/t25-,26-/m1/s1. The first-order valence-corrected chi connectivity index (χ1v) is 13.7. The van der Waals surface area contributed by atoms with E-state index in [9.17, 15) is 18.8 Å². The van der Waals surface area contributed by atoms with E-state index in [2.05, 4.69) is 0 Å². The van der Waals surface area contributed by atoms with Crippen molar-refractivity contribution in [3.8, 4) is 11.1 Å². The van der Waals surface area contributed by atoms with Crippen molar-refractivity contribution in [3.63, 3.8) is 0 Å². The molecule has 41 heavy (non-hydrogen) atoms. The number of benzene rings is 2. The van der Waals surface area contributed by atoms with Gasteiger partial charge in [0.25, 0.3) is 0 Å². The fourth-order valence-corrected chi connectivity index (χ4v) is 4.41. The van der Waals surface area contributed by atoms with Gasteiger partial charge in [0.05, 0.1) is 26.1 Å². The minimum Gasteiger partial charge on any atom is -0.466 e. The molecule has 2 atom stereocenters. The Hall–Kier alpha value is -3.56. The summed E-state index contributed by atoms with van der Waals surface area (Å²) in [5.74, 6) is -1.72. The third-order valence-electron chi connectivity index (χ3n) is 6.22. The van der Waals surface area contributed by atoms with Crippen LogP contribution in [0.25, 0.3) is 17.2 Å². The number of esters is 3. The summed E-state index contributed by atoms with van der Waals surface area (Å²) in [6.45, 7) is 7.41. The molecule has 0 aliphatic heterocycles. The number of halogens is 1. The van der Waals surface area contributed by atoms with Crippen LogP contribution in [0.5, 0.6) is 0 Å². The SMILES string of the molecule is CCOC(=O)C[C@@H](C[C@@H](C=Cc1c(C)cccc1-c1cc(C)c(F)c(C)c1)OC(=O)CN(C)C)OC(=O)CN(C)C. The van der Waals surface area contributed by atoms with Gasteiger partial charge in [0.2, 0.25) is 0 Å². The lowest BCUT2D eigenvalue weighted by Gasteiger charge is -2.23. The maximum atomic E-state index is 14.4. The first kappa shape index (κ1) is 33.6. The first-order valence-electron chi connectivity index (χ1n) is 13.7. The van der Waals surface area contributed by atoms with Crippen LogP contribution in [-0.2, 0) is 28.6 Å². The molecule has 0 fully saturated rings. The number of nitrogens with zero attached hydrogens (tertiary/aromatic N) is 2. The van der Waals surface area contributed by atoms with E-state index in [4.69, 9.17) is 14.2 Å². The van der Waals surface area contributed by atoms with E-state index in [1.807, 2.05) is 43.3 Å². The summed E-state index contributed by atoms with van der Waals surface area (Å²) in [5, 5.41) is 0. The number of ether oxygens (including phenoxy) is 3. The molecule has 0 unspecified atom stereocenters. The molecular weight excluding hydrogens is 527 g/mol. The van der Waals surface area contributed by atoms with E-state index in [1.165, 1.54) is 0 Å². The van der Waals surface area contributed by atoms with Crippen LogP contribution < -0.4 is 0 Å². The van der Waals surface area contributed by atoms with Gasteiger partial charge in [0.15, 0.2) is 0 Å². The Morgan fingerprint density at radius 1 is 0.878 bits per heavy atom. The number of hydrogen-bond donors (Lipinski definition) is 0. The summed E-state index contributed by atoms with van der Waals surface area (Å²) in [6.07, 6.45) is 1.80. The fraction of sp³-hybridized carbons (Fsp3) is 0.469. The molecule has 0 spiro atoms. The minimum absolute atomic E-state index is 0.0311. The molecular formula is C32H43FN2O6. The Labute approximate surface area is 243 Å². The van der Waals surface area contributed by atoms with Crippen LogP contribution in [0.3, 0.4) is 0 Å². The van der Waals surface area contributed by atoms with E-state index in [0.717, 1.165) is 22.3 Å². The number of carbonyl (C=O) groups is 3. The summed E-state index contributed by atoms with van der Waals surface area (Å²) in [6, 6.07) is 9.47. The summed E-state index contributed by atoms with van der Waals surface area (Å²) < 4.78 is 30.9. The third-order valence-corrected chi connectivity index (χ3v) is 6.22. The van der Waals surface area contributed by atoms with E-state index < -0.39 is 30.1 Å². The topological polar surface area (TPSA) is 85.4 Å². The Bertz CT molecular complexity index is 1220. The maximum Gasteiger partial charge on any atom is 0.320 e. The van der Waals surface area contributed by atoms with Gasteiger partial charge in [-0.3, -0.25) is 24.2 Å². The number of hydrogen-bond acceptors (Lipinski definition) is 8. The summed E-state index contributed by atoms with van der Waals surface area (Å²) in [5.41, 5.74) is 4.70. The van der Waals surface area contributed by atoms with Crippen LogP contribution in [0.4, 0.5) is 4.39 Å². The van der Waals surface area contributed by atoms with Gasteiger partial charge in [-0.2, -0.15) is 0 Å². The zero-order valence-corrected chi connectivity index (χ0v) is 25.5. The first-order chi connectivity index (χ1) is 19.3. The van der Waals surface area contributed by atoms with Crippen molar-refractivity contribution in [2.45, 2.75) is 52.7 Å². The van der Waals surface area contributed by atoms with Gasteiger partial charge in [-0.25, -0.2) is 4.39 Å². The quantitative estimate of drug-likeness (QED) is 0.238. The molecule has 8 nitrogen and oxygen atoms in total. The van der Waals surface area contributed by atoms with Crippen molar-refractivity contribution in [2.24, 2.45) is 0 Å². The van der Waals surface area contributed by atoms with Crippen LogP contribution in [0.15, 0.2) is 36.4 Å². The van der Waals surface area contributed by atoms with Crippen LogP contribution in [-0.4, -0.2) is 87.8 Å². The van der Waals surface area contributed by atoms with E-state index in [0.29, 0.717) is 11.1 Å². The highest BCUT2D eigenvalue weighted by molar-refractivity contribution is 5.78. The second kappa shape index (κ2) is 16.0. The zero-order chi connectivity index (χ0) is 30.7. The molecule has 0 aromatic heterocycles. The molecule has 0 amide bonds. The van der Waals surface area contributed by atoms with Crippen LogP contribution in [0.2, 0.25) is 0 Å². The lowest BCUT2D eigenvalue weighted by atomic mass is 9.93. The number of likely N-dealkylation sites (N-methyl/N-ethyl adjacent to an activating group) is 2. The second-order valence-corrected chi connectivity index (χ2v) is 10.7. The average molecular weight is 571 g/mol. The van der Waals surface area contributed by atoms with Crippen molar-refractivity contribution in [2.75, 3.05) is 47.9 Å². The molecule has 0 saturated heterocycles. The molecule has 2 aromatic rings. The van der Waals surface area contributed by atoms with E-state index in [1.54, 1.807) is 64.8 Å². The summed E-state index contributed by atoms with van der Waals surface area (Å²) in [4.78, 5) is 40.8. The molecule has 2 rings (SSSR count). The summed E-state index contributed by atoms with van der Waals surface area (Å²) >= 11 is 0. The maximum absolute atomic E-state index is 14.4. The molecule has 2 aromatic carbocycles. The largest absolute Gasteiger partial charge is 0.466 e. The highest BCUT2D eigenvalue weighted by Gasteiger charge is 2.25. The molecule has 0 bridgehead atoms. The smallest absolute Gasteiger partial charge is 0.320 e. The Kier molecular flexibility index (Phi) is 13.2. The lowest BCUT2D eigenvalue weighted by molar-refractivity contribution is -0.158. The number of carbonyl (C=O) groups excluding carboxylic acids is 3. The number of aryl methyl sites for hydroxylation is 3. The van der Waals surface area contributed by atoms with Crippen molar-refractivity contribution < 1.29 is 33.0 Å². The highest BCUT2D eigenvalue weighted by Crippen LogP contribution is 2.30. The van der Waals surface area contributed by atoms with Crippen molar-refractivity contribution in [3.05, 3.63) is 64.5 Å². The molecule has 0 N–H and O–H groups in total. The Morgan fingerprint density at radius 3 is 2.02 bits per heavy atom. The predicted molar refractivity (Wildman–Crippen MR) is 158 cm³/mol. The van der Waals surface area contributed by atoms with Gasteiger partial charge in [0.1, 0.15) is 18.0 Å². The molecule has 0 heterocycles. The van der Waals surface area contributed by atoms with Gasteiger partial charge in [-0.1, -0.05) is 24.3 Å². The average Bonchev–Trinajstić information content (AvgIpc) is 2.85. The van der Waals surface area contributed by atoms with Crippen molar-refractivity contribution in [1.82, 2.24) is 9.80 Å². The zero-order valence-electron chi connectivity index (χ0n) is 25.5. The van der Waals surface area contributed by atoms with Crippen molar-refractivity contribution in [1.29, 1.82) is 0 Å². The normalized spacial score (nSPS) is 13.0. The van der Waals surface area contributed by atoms with E-state index >= 15 is 0 Å². The van der Waals surface area contributed by atoms with Crippen LogP contribution >= 0.6 is 0 Å². The van der Waals surface area contributed by atoms with E-state index in [-0.39, 0.29) is 38.4 Å². The molecule has 9 heteroatoms. The molecule has 224 valence electrons. The van der Waals surface area contributed by atoms with Gasteiger partial charge in [-0.15, -0.1) is 0 Å². The van der Waals surface area contributed by atoms with Gasteiger partial charge < -0.3 is 14.2 Å². The highest BCUT2D eigenvalue weighted by atomic mass is 19.1. The van der Waals surface area contributed by atoms with Crippen molar-refractivity contribution >= 4 is 24.0 Å². The number of rotatable bonds is 14. The minimum atomic E-state index is -0.873. The van der Waals surface area contributed by atoms with Gasteiger partial charge >= 0.3 is 17.9 Å². The second-order valence-electron chi connectivity index (χ2n) is 10.7. The fourth-order valence-electron chi connectivity index (χ4n) is 4.41.